The molecule has 0 aromatic carbocycles. The van der Waals surface area contributed by atoms with E-state index in [2.05, 4.69) is 10.1 Å². The second-order valence-corrected chi connectivity index (χ2v) is 5.43. The zero-order chi connectivity index (χ0) is 15.2. The first kappa shape index (κ1) is 15.6. The Morgan fingerprint density at radius 3 is 2.52 bits per heavy atom. The summed E-state index contributed by atoms with van der Waals surface area (Å²) >= 11 is 0. The molecule has 2 rings (SSSR count). The predicted molar refractivity (Wildman–Crippen MR) is 73.5 cm³/mol. The minimum absolute atomic E-state index is 0.0327. The number of rotatable bonds is 4. The summed E-state index contributed by atoms with van der Waals surface area (Å²) in [4.78, 5) is 36.7. The van der Waals surface area contributed by atoms with Gasteiger partial charge in [0.05, 0.1) is 7.11 Å². The zero-order valence-corrected chi connectivity index (χ0v) is 12.3. The SMILES string of the molecule is COC(=O)C1CCCN1C(=O)CNC(=O)OC1CCCC1. The Kier molecular flexibility index (Phi) is 5.41. The maximum Gasteiger partial charge on any atom is 0.407 e. The zero-order valence-electron chi connectivity index (χ0n) is 12.3. The van der Waals surface area contributed by atoms with Gasteiger partial charge < -0.3 is 19.7 Å². The smallest absolute Gasteiger partial charge is 0.407 e. The highest BCUT2D eigenvalue weighted by Gasteiger charge is 2.34. The van der Waals surface area contributed by atoms with Crippen LogP contribution < -0.4 is 5.32 Å². The number of methoxy groups -OCH3 is 1. The van der Waals surface area contributed by atoms with Crippen LogP contribution in [0.15, 0.2) is 0 Å². The van der Waals surface area contributed by atoms with E-state index in [1.807, 2.05) is 0 Å². The van der Waals surface area contributed by atoms with Gasteiger partial charge in [0.1, 0.15) is 18.7 Å². The lowest BCUT2D eigenvalue weighted by atomic mass is 10.2. The summed E-state index contributed by atoms with van der Waals surface area (Å²) in [6, 6.07) is -0.532. The van der Waals surface area contributed by atoms with Crippen molar-refractivity contribution in [1.29, 1.82) is 0 Å². The first-order valence-corrected chi connectivity index (χ1v) is 7.43. The largest absolute Gasteiger partial charge is 0.467 e. The van der Waals surface area contributed by atoms with Gasteiger partial charge in [0.2, 0.25) is 5.91 Å². The maximum absolute atomic E-state index is 12.1. The van der Waals surface area contributed by atoms with Crippen LogP contribution in [0.1, 0.15) is 38.5 Å². The Morgan fingerprint density at radius 1 is 1.14 bits per heavy atom. The van der Waals surface area contributed by atoms with Crippen molar-refractivity contribution in [1.82, 2.24) is 10.2 Å². The van der Waals surface area contributed by atoms with Gasteiger partial charge in [-0.1, -0.05) is 0 Å². The molecule has 2 amide bonds. The highest BCUT2D eigenvalue weighted by Crippen LogP contribution is 2.21. The first-order chi connectivity index (χ1) is 10.1. The van der Waals surface area contributed by atoms with E-state index in [0.29, 0.717) is 13.0 Å². The van der Waals surface area contributed by atoms with E-state index in [-0.39, 0.29) is 18.6 Å². The van der Waals surface area contributed by atoms with Gasteiger partial charge in [0, 0.05) is 6.54 Å². The molecular weight excluding hydrogens is 276 g/mol. The lowest BCUT2D eigenvalue weighted by molar-refractivity contribution is -0.150. The van der Waals surface area contributed by atoms with Crippen molar-refractivity contribution >= 4 is 18.0 Å². The minimum atomic E-state index is -0.566. The molecule has 2 fully saturated rings. The van der Waals surface area contributed by atoms with Crippen LogP contribution in [-0.2, 0) is 19.1 Å². The Balaban J connectivity index is 1.75. The van der Waals surface area contributed by atoms with E-state index in [9.17, 15) is 14.4 Å². The molecule has 1 saturated carbocycles. The van der Waals surface area contributed by atoms with Gasteiger partial charge in [-0.3, -0.25) is 4.79 Å². The summed E-state index contributed by atoms with van der Waals surface area (Å²) in [5.41, 5.74) is 0. The molecule has 1 aliphatic heterocycles. The van der Waals surface area contributed by atoms with Gasteiger partial charge in [0.25, 0.3) is 0 Å². The van der Waals surface area contributed by atoms with Crippen LogP contribution in [0, 0.1) is 0 Å². The molecule has 7 nitrogen and oxygen atoms in total. The molecule has 0 radical (unpaired) electrons. The number of carbonyl (C=O) groups excluding carboxylic acids is 3. The molecule has 2 aliphatic rings. The standard InChI is InChI=1S/C14H22N2O5/c1-20-13(18)11-7-4-8-16(11)12(17)9-15-14(19)21-10-5-2-3-6-10/h10-11H,2-9H2,1H3,(H,15,19). The van der Waals surface area contributed by atoms with E-state index < -0.39 is 18.1 Å². The Hall–Kier alpha value is -1.79. The maximum atomic E-state index is 12.1. The summed E-state index contributed by atoms with van der Waals surface area (Å²) in [5.74, 6) is -0.694. The van der Waals surface area contributed by atoms with Crippen molar-refractivity contribution in [3.63, 3.8) is 0 Å². The van der Waals surface area contributed by atoms with Crippen molar-refractivity contribution in [2.45, 2.75) is 50.7 Å². The van der Waals surface area contributed by atoms with Crippen LogP contribution >= 0.6 is 0 Å². The Labute approximate surface area is 123 Å². The highest BCUT2D eigenvalue weighted by molar-refractivity contribution is 5.87. The molecule has 1 heterocycles. The summed E-state index contributed by atoms with van der Waals surface area (Å²) in [5, 5.41) is 2.46. The second kappa shape index (κ2) is 7.28. The van der Waals surface area contributed by atoms with Crippen LogP contribution in [0.5, 0.6) is 0 Å². The third kappa shape index (κ3) is 4.09. The number of esters is 1. The molecule has 1 saturated heterocycles. The number of likely N-dealkylation sites (tertiary alicyclic amines) is 1. The topological polar surface area (TPSA) is 84.9 Å². The number of amides is 2. The van der Waals surface area contributed by atoms with E-state index in [4.69, 9.17) is 4.74 Å². The number of carbonyl (C=O) groups is 3. The lowest BCUT2D eigenvalue weighted by Crippen LogP contribution is -2.46. The third-order valence-corrected chi connectivity index (χ3v) is 4.01. The summed E-state index contributed by atoms with van der Waals surface area (Å²) in [6.45, 7) is 0.358. The monoisotopic (exact) mass is 298 g/mol. The van der Waals surface area contributed by atoms with Crippen molar-refractivity contribution in [2.24, 2.45) is 0 Å². The molecule has 118 valence electrons. The Bertz CT molecular complexity index is 406. The van der Waals surface area contributed by atoms with Gasteiger partial charge in [0.15, 0.2) is 0 Å². The minimum Gasteiger partial charge on any atom is -0.467 e. The van der Waals surface area contributed by atoms with Crippen molar-refractivity contribution in [3.8, 4) is 0 Å². The lowest BCUT2D eigenvalue weighted by Gasteiger charge is -2.22. The van der Waals surface area contributed by atoms with Crippen LogP contribution in [0.25, 0.3) is 0 Å². The fourth-order valence-corrected chi connectivity index (χ4v) is 2.89. The second-order valence-electron chi connectivity index (χ2n) is 5.43. The van der Waals surface area contributed by atoms with Crippen LogP contribution in [0.3, 0.4) is 0 Å². The number of hydrogen-bond donors (Lipinski definition) is 1. The third-order valence-electron chi connectivity index (χ3n) is 4.01. The van der Waals surface area contributed by atoms with Gasteiger partial charge in [-0.05, 0) is 38.5 Å². The fraction of sp³-hybridized carbons (Fsp3) is 0.786. The van der Waals surface area contributed by atoms with Crippen molar-refractivity contribution in [2.75, 3.05) is 20.2 Å². The fourth-order valence-electron chi connectivity index (χ4n) is 2.89. The molecule has 0 aromatic rings. The molecule has 21 heavy (non-hydrogen) atoms. The van der Waals surface area contributed by atoms with Crippen LogP contribution in [-0.4, -0.2) is 55.2 Å². The van der Waals surface area contributed by atoms with E-state index >= 15 is 0 Å². The average molecular weight is 298 g/mol. The number of alkyl carbamates (subject to hydrolysis) is 1. The molecule has 0 spiro atoms. The number of nitrogens with one attached hydrogen (secondary N) is 1. The van der Waals surface area contributed by atoms with E-state index in [1.165, 1.54) is 12.0 Å². The molecule has 1 N–H and O–H groups in total. The first-order valence-electron chi connectivity index (χ1n) is 7.43. The molecular formula is C14H22N2O5. The molecule has 7 heteroatoms. The van der Waals surface area contributed by atoms with Crippen molar-refractivity contribution < 1.29 is 23.9 Å². The van der Waals surface area contributed by atoms with Gasteiger partial charge in [-0.25, -0.2) is 9.59 Å². The molecule has 0 aromatic heterocycles. The summed E-state index contributed by atoms with van der Waals surface area (Å²) in [7, 11) is 1.31. The number of ether oxygens (including phenoxy) is 2. The van der Waals surface area contributed by atoms with Gasteiger partial charge in [-0.2, -0.15) is 0 Å². The molecule has 0 bridgehead atoms. The molecule has 1 aliphatic carbocycles. The number of nitrogens with zero attached hydrogens (tertiary/aromatic N) is 1. The van der Waals surface area contributed by atoms with E-state index in [0.717, 1.165) is 32.1 Å². The molecule has 1 unspecified atom stereocenters. The average Bonchev–Trinajstić information content (AvgIpc) is 3.14. The summed E-state index contributed by atoms with van der Waals surface area (Å²) < 4.78 is 9.89. The molecule has 1 atom stereocenters. The quantitative estimate of drug-likeness (QED) is 0.777. The summed E-state index contributed by atoms with van der Waals surface area (Å²) in [6.07, 6.45) is 4.69. The van der Waals surface area contributed by atoms with Gasteiger partial charge in [-0.15, -0.1) is 0 Å². The van der Waals surface area contributed by atoms with Crippen LogP contribution in [0.2, 0.25) is 0 Å². The Morgan fingerprint density at radius 2 is 1.86 bits per heavy atom. The predicted octanol–water partition coefficient (Wildman–Crippen LogP) is 0.819. The number of hydrogen-bond acceptors (Lipinski definition) is 5. The van der Waals surface area contributed by atoms with E-state index in [1.54, 1.807) is 0 Å². The normalized spacial score (nSPS) is 22.1. The highest BCUT2D eigenvalue weighted by atomic mass is 16.6. The van der Waals surface area contributed by atoms with Gasteiger partial charge >= 0.3 is 12.1 Å². The van der Waals surface area contributed by atoms with Crippen LogP contribution in [0.4, 0.5) is 4.79 Å². The van der Waals surface area contributed by atoms with Crippen molar-refractivity contribution in [3.05, 3.63) is 0 Å².